The van der Waals surface area contributed by atoms with E-state index in [9.17, 15) is 0 Å². The van der Waals surface area contributed by atoms with Gasteiger partial charge in [0.2, 0.25) is 0 Å². The van der Waals surface area contributed by atoms with Gasteiger partial charge in [-0.25, -0.2) is 0 Å². The van der Waals surface area contributed by atoms with Crippen LogP contribution in [-0.4, -0.2) is 18.3 Å². The fourth-order valence-electron chi connectivity index (χ4n) is 2.16. The van der Waals surface area contributed by atoms with E-state index < -0.39 is 0 Å². The Kier molecular flexibility index (Phi) is 6.25. The second-order valence-electron chi connectivity index (χ2n) is 5.06. The molecule has 2 rings (SSSR count). The van der Waals surface area contributed by atoms with E-state index in [4.69, 9.17) is 15.6 Å². The van der Waals surface area contributed by atoms with E-state index in [-0.39, 0.29) is 6.61 Å². The standard InChI is InChI=1S/C18H23NO2/c19-14-15-4-6-16(7-5-15)17-8-10-18(11-9-17)21-13-3-1-2-12-20/h4-11,20H,1-3,12-14,19H2. The van der Waals surface area contributed by atoms with Crippen molar-refractivity contribution in [1.82, 2.24) is 0 Å². The highest BCUT2D eigenvalue weighted by Gasteiger charge is 1.99. The molecule has 0 aliphatic carbocycles. The highest BCUT2D eigenvalue weighted by Crippen LogP contribution is 2.23. The molecule has 0 bridgehead atoms. The van der Waals surface area contributed by atoms with Gasteiger partial charge in [-0.15, -0.1) is 0 Å². The van der Waals surface area contributed by atoms with Gasteiger partial charge in [0.15, 0.2) is 0 Å². The normalized spacial score (nSPS) is 10.6. The fraction of sp³-hybridized carbons (Fsp3) is 0.333. The van der Waals surface area contributed by atoms with Crippen LogP contribution in [0.2, 0.25) is 0 Å². The highest BCUT2D eigenvalue weighted by molar-refractivity contribution is 5.64. The van der Waals surface area contributed by atoms with Gasteiger partial charge in [0.1, 0.15) is 5.75 Å². The van der Waals surface area contributed by atoms with Crippen LogP contribution in [0, 0.1) is 0 Å². The van der Waals surface area contributed by atoms with E-state index in [0.717, 1.165) is 30.6 Å². The Morgan fingerprint density at radius 1 is 0.810 bits per heavy atom. The van der Waals surface area contributed by atoms with Gasteiger partial charge in [0.05, 0.1) is 6.61 Å². The first-order valence-electron chi connectivity index (χ1n) is 7.46. The first-order chi connectivity index (χ1) is 10.3. The molecule has 0 aliphatic rings. The minimum absolute atomic E-state index is 0.262. The van der Waals surface area contributed by atoms with Crippen LogP contribution < -0.4 is 10.5 Å². The Hall–Kier alpha value is -1.84. The van der Waals surface area contributed by atoms with Crippen LogP contribution in [0.4, 0.5) is 0 Å². The molecule has 0 spiro atoms. The number of unbranched alkanes of at least 4 members (excludes halogenated alkanes) is 2. The number of aliphatic hydroxyl groups is 1. The largest absolute Gasteiger partial charge is 0.494 e. The van der Waals surface area contributed by atoms with Crippen LogP contribution in [-0.2, 0) is 6.54 Å². The van der Waals surface area contributed by atoms with Gasteiger partial charge in [-0.05, 0) is 48.1 Å². The van der Waals surface area contributed by atoms with Crippen molar-refractivity contribution in [2.45, 2.75) is 25.8 Å². The molecule has 0 amide bonds. The quantitative estimate of drug-likeness (QED) is 0.731. The molecule has 0 atom stereocenters. The number of hydrogen-bond donors (Lipinski definition) is 2. The Balaban J connectivity index is 1.88. The summed E-state index contributed by atoms with van der Waals surface area (Å²) in [7, 11) is 0. The van der Waals surface area contributed by atoms with E-state index >= 15 is 0 Å². The fourth-order valence-corrected chi connectivity index (χ4v) is 2.16. The lowest BCUT2D eigenvalue weighted by Gasteiger charge is -2.07. The molecule has 0 unspecified atom stereocenters. The van der Waals surface area contributed by atoms with Crippen molar-refractivity contribution in [3.05, 3.63) is 54.1 Å². The molecule has 0 radical (unpaired) electrons. The molecule has 0 saturated heterocycles. The third kappa shape index (κ3) is 4.88. The molecule has 0 heterocycles. The zero-order valence-electron chi connectivity index (χ0n) is 12.3. The number of rotatable bonds is 8. The van der Waals surface area contributed by atoms with Crippen LogP contribution in [0.15, 0.2) is 48.5 Å². The smallest absolute Gasteiger partial charge is 0.119 e. The summed E-state index contributed by atoms with van der Waals surface area (Å²) in [4.78, 5) is 0. The molecular formula is C18H23NO2. The molecule has 0 aromatic heterocycles. The third-order valence-corrected chi connectivity index (χ3v) is 3.45. The zero-order valence-corrected chi connectivity index (χ0v) is 12.3. The van der Waals surface area contributed by atoms with Gasteiger partial charge in [-0.1, -0.05) is 36.4 Å². The maximum absolute atomic E-state index is 8.71. The first kappa shape index (κ1) is 15.5. The van der Waals surface area contributed by atoms with Crippen molar-refractivity contribution in [2.24, 2.45) is 5.73 Å². The van der Waals surface area contributed by atoms with Crippen LogP contribution >= 0.6 is 0 Å². The first-order valence-corrected chi connectivity index (χ1v) is 7.46. The lowest BCUT2D eigenvalue weighted by Crippen LogP contribution is -1.98. The summed E-state index contributed by atoms with van der Waals surface area (Å²) in [6.45, 7) is 1.53. The van der Waals surface area contributed by atoms with Gasteiger partial charge in [0.25, 0.3) is 0 Å². The summed E-state index contributed by atoms with van der Waals surface area (Å²) in [5, 5.41) is 8.71. The maximum atomic E-state index is 8.71. The second-order valence-corrected chi connectivity index (χ2v) is 5.06. The molecule has 3 N–H and O–H groups in total. The molecular weight excluding hydrogens is 262 g/mol. The molecule has 2 aromatic rings. The SMILES string of the molecule is NCc1ccc(-c2ccc(OCCCCCO)cc2)cc1. The van der Waals surface area contributed by atoms with Gasteiger partial charge < -0.3 is 15.6 Å². The predicted molar refractivity (Wildman–Crippen MR) is 86.2 cm³/mol. The van der Waals surface area contributed by atoms with Crippen LogP contribution in [0.1, 0.15) is 24.8 Å². The van der Waals surface area contributed by atoms with Gasteiger partial charge in [0, 0.05) is 13.2 Å². The molecule has 112 valence electrons. The molecule has 21 heavy (non-hydrogen) atoms. The van der Waals surface area contributed by atoms with E-state index in [1.165, 1.54) is 11.1 Å². The summed E-state index contributed by atoms with van der Waals surface area (Å²) in [5.74, 6) is 0.890. The Morgan fingerprint density at radius 2 is 1.43 bits per heavy atom. The van der Waals surface area contributed by atoms with Crippen molar-refractivity contribution in [3.8, 4) is 16.9 Å². The van der Waals surface area contributed by atoms with Crippen LogP contribution in [0.25, 0.3) is 11.1 Å². The molecule has 0 saturated carbocycles. The van der Waals surface area contributed by atoms with Crippen molar-refractivity contribution < 1.29 is 9.84 Å². The minimum atomic E-state index is 0.262. The minimum Gasteiger partial charge on any atom is -0.494 e. The van der Waals surface area contributed by atoms with Gasteiger partial charge in [-0.2, -0.15) is 0 Å². The maximum Gasteiger partial charge on any atom is 0.119 e. The molecule has 3 nitrogen and oxygen atoms in total. The monoisotopic (exact) mass is 285 g/mol. The zero-order chi connectivity index (χ0) is 14.9. The van der Waals surface area contributed by atoms with Gasteiger partial charge in [-0.3, -0.25) is 0 Å². The van der Waals surface area contributed by atoms with Crippen LogP contribution in [0.3, 0.4) is 0 Å². The van der Waals surface area contributed by atoms with Gasteiger partial charge >= 0.3 is 0 Å². The summed E-state index contributed by atoms with van der Waals surface area (Å²) < 4.78 is 5.68. The highest BCUT2D eigenvalue weighted by atomic mass is 16.5. The average molecular weight is 285 g/mol. The lowest BCUT2D eigenvalue weighted by molar-refractivity contribution is 0.266. The Labute approximate surface area is 126 Å². The summed E-state index contributed by atoms with van der Waals surface area (Å²) in [5.41, 5.74) is 9.10. The number of benzene rings is 2. The topological polar surface area (TPSA) is 55.5 Å². The number of aliphatic hydroxyl groups excluding tert-OH is 1. The Bertz CT molecular complexity index is 520. The Morgan fingerprint density at radius 3 is 2.00 bits per heavy atom. The van der Waals surface area contributed by atoms with Crippen LogP contribution in [0.5, 0.6) is 5.75 Å². The molecule has 0 fully saturated rings. The van der Waals surface area contributed by atoms with Crippen molar-refractivity contribution in [3.63, 3.8) is 0 Å². The molecule has 2 aromatic carbocycles. The molecule has 3 heteroatoms. The predicted octanol–water partition coefficient (Wildman–Crippen LogP) is 3.35. The molecule has 0 aliphatic heterocycles. The third-order valence-electron chi connectivity index (χ3n) is 3.45. The van der Waals surface area contributed by atoms with E-state index in [1.54, 1.807) is 0 Å². The van der Waals surface area contributed by atoms with E-state index in [1.807, 2.05) is 12.1 Å². The average Bonchev–Trinajstić information content (AvgIpc) is 2.55. The number of nitrogens with two attached hydrogens (primary N) is 1. The second kappa shape index (κ2) is 8.45. The van der Waals surface area contributed by atoms with Crippen molar-refractivity contribution >= 4 is 0 Å². The lowest BCUT2D eigenvalue weighted by atomic mass is 10.0. The van der Waals surface area contributed by atoms with Crippen molar-refractivity contribution in [2.75, 3.05) is 13.2 Å². The van der Waals surface area contributed by atoms with E-state index in [2.05, 4.69) is 36.4 Å². The van der Waals surface area contributed by atoms with Crippen molar-refractivity contribution in [1.29, 1.82) is 0 Å². The summed E-state index contributed by atoms with van der Waals surface area (Å²) in [6, 6.07) is 16.4. The van der Waals surface area contributed by atoms with E-state index in [0.29, 0.717) is 13.2 Å². The summed E-state index contributed by atoms with van der Waals surface area (Å²) in [6.07, 6.45) is 2.83. The summed E-state index contributed by atoms with van der Waals surface area (Å²) >= 11 is 0. The number of hydrogen-bond acceptors (Lipinski definition) is 3. The number of ether oxygens (including phenoxy) is 1.